The first-order valence-electron chi connectivity index (χ1n) is 10.1. The van der Waals surface area contributed by atoms with E-state index in [4.69, 9.17) is 0 Å². The number of nitrogens with zero attached hydrogens (tertiary/aromatic N) is 2. The van der Waals surface area contributed by atoms with E-state index < -0.39 is 0 Å². The summed E-state index contributed by atoms with van der Waals surface area (Å²) in [6.45, 7) is 3.79. The van der Waals surface area contributed by atoms with Crippen LogP contribution in [0.3, 0.4) is 0 Å². The van der Waals surface area contributed by atoms with Crippen LogP contribution in [0.5, 0.6) is 0 Å². The molecule has 0 saturated carbocycles. The summed E-state index contributed by atoms with van der Waals surface area (Å²) < 4.78 is 2.60. The average molecular weight is 476 g/mol. The van der Waals surface area contributed by atoms with Crippen LogP contribution in [0.15, 0.2) is 82.1 Å². The molecule has 3 aromatic carbocycles. The Morgan fingerprint density at radius 3 is 2.42 bits per heavy atom. The lowest BCUT2D eigenvalue weighted by Crippen LogP contribution is -2.34. The van der Waals surface area contributed by atoms with Crippen molar-refractivity contribution in [1.82, 2.24) is 14.9 Å². The van der Waals surface area contributed by atoms with Gasteiger partial charge < -0.3 is 5.32 Å². The first-order valence-corrected chi connectivity index (χ1v) is 10.9. The fourth-order valence-corrected chi connectivity index (χ4v) is 3.91. The lowest BCUT2D eigenvalue weighted by molar-refractivity contribution is 0.0940. The molecule has 6 heteroatoms. The number of halogens is 1. The molecule has 0 spiro atoms. The molecular weight excluding hydrogens is 454 g/mol. The van der Waals surface area contributed by atoms with Gasteiger partial charge in [0.1, 0.15) is 5.82 Å². The second kappa shape index (κ2) is 8.86. The highest BCUT2D eigenvalue weighted by atomic mass is 79.9. The summed E-state index contributed by atoms with van der Waals surface area (Å²) >= 11 is 3.43. The van der Waals surface area contributed by atoms with E-state index in [1.54, 1.807) is 41.8 Å². The standard InChI is InChI=1S/C25H22BrN3O2/c1-16(15-18-7-11-20(26)12-8-18)27-24(30)19-9-13-21(14-10-19)29-17(2)28-23-6-4-3-5-22(23)25(29)31/h3-14,16H,15H2,1-2H3,(H,27,30). The van der Waals surface area contributed by atoms with Crippen molar-refractivity contribution in [2.75, 3.05) is 0 Å². The second-order valence-corrected chi connectivity index (χ2v) is 8.48. The van der Waals surface area contributed by atoms with Crippen molar-refractivity contribution in [3.63, 3.8) is 0 Å². The molecule has 1 heterocycles. The molecule has 1 unspecified atom stereocenters. The van der Waals surface area contributed by atoms with Gasteiger partial charge in [-0.05, 0) is 74.4 Å². The van der Waals surface area contributed by atoms with Crippen molar-refractivity contribution >= 4 is 32.7 Å². The third kappa shape index (κ3) is 4.59. The maximum Gasteiger partial charge on any atom is 0.265 e. The van der Waals surface area contributed by atoms with Crippen LogP contribution in [-0.2, 0) is 6.42 Å². The van der Waals surface area contributed by atoms with Crippen molar-refractivity contribution in [3.05, 3.63) is 105 Å². The van der Waals surface area contributed by atoms with Crippen molar-refractivity contribution in [3.8, 4) is 5.69 Å². The summed E-state index contributed by atoms with van der Waals surface area (Å²) in [4.78, 5) is 30.1. The van der Waals surface area contributed by atoms with E-state index in [0.29, 0.717) is 28.0 Å². The Morgan fingerprint density at radius 1 is 1.03 bits per heavy atom. The minimum absolute atomic E-state index is 0.0112. The molecule has 0 fully saturated rings. The molecular formula is C25H22BrN3O2. The number of hydrogen-bond acceptors (Lipinski definition) is 3. The second-order valence-electron chi connectivity index (χ2n) is 7.57. The zero-order valence-corrected chi connectivity index (χ0v) is 18.9. The summed E-state index contributed by atoms with van der Waals surface area (Å²) in [5.74, 6) is 0.459. The van der Waals surface area contributed by atoms with Gasteiger partial charge in [-0.1, -0.05) is 40.2 Å². The summed E-state index contributed by atoms with van der Waals surface area (Å²) in [5, 5.41) is 3.60. The number of rotatable bonds is 5. The van der Waals surface area contributed by atoms with Crippen LogP contribution in [-0.4, -0.2) is 21.5 Å². The molecule has 5 nitrogen and oxygen atoms in total. The summed E-state index contributed by atoms with van der Waals surface area (Å²) in [5.41, 5.74) is 2.94. The lowest BCUT2D eigenvalue weighted by Gasteiger charge is -2.15. The fraction of sp³-hybridized carbons (Fsp3) is 0.160. The van der Waals surface area contributed by atoms with Crippen molar-refractivity contribution < 1.29 is 4.79 Å². The van der Waals surface area contributed by atoms with Gasteiger partial charge in [-0.25, -0.2) is 4.98 Å². The first-order chi connectivity index (χ1) is 14.9. The van der Waals surface area contributed by atoms with Crippen LogP contribution in [0, 0.1) is 6.92 Å². The van der Waals surface area contributed by atoms with E-state index in [-0.39, 0.29) is 17.5 Å². The van der Waals surface area contributed by atoms with E-state index >= 15 is 0 Å². The smallest absolute Gasteiger partial charge is 0.265 e. The summed E-state index contributed by atoms with van der Waals surface area (Å²) in [7, 11) is 0. The Balaban J connectivity index is 1.52. The van der Waals surface area contributed by atoms with Crippen LogP contribution in [0.4, 0.5) is 0 Å². The number of para-hydroxylation sites is 1. The maximum absolute atomic E-state index is 12.9. The van der Waals surface area contributed by atoms with Gasteiger partial charge in [0.15, 0.2) is 0 Å². The molecule has 4 rings (SSSR count). The molecule has 0 radical (unpaired) electrons. The molecule has 156 valence electrons. The largest absolute Gasteiger partial charge is 0.349 e. The number of benzene rings is 3. The predicted octanol–water partition coefficient (Wildman–Crippen LogP) is 4.82. The number of fused-ring (bicyclic) bond motifs is 1. The van der Waals surface area contributed by atoms with E-state index in [1.807, 2.05) is 49.4 Å². The van der Waals surface area contributed by atoms with Gasteiger partial charge in [-0.15, -0.1) is 0 Å². The molecule has 1 atom stereocenters. The normalized spacial score (nSPS) is 12.0. The minimum Gasteiger partial charge on any atom is -0.349 e. The zero-order chi connectivity index (χ0) is 22.0. The minimum atomic E-state index is -0.142. The molecule has 0 saturated heterocycles. The zero-order valence-electron chi connectivity index (χ0n) is 17.3. The predicted molar refractivity (Wildman–Crippen MR) is 127 cm³/mol. The van der Waals surface area contributed by atoms with Crippen LogP contribution in [0.1, 0.15) is 28.7 Å². The van der Waals surface area contributed by atoms with E-state index in [2.05, 4.69) is 26.2 Å². The number of aromatic nitrogens is 2. The van der Waals surface area contributed by atoms with E-state index in [0.717, 1.165) is 16.5 Å². The number of aryl methyl sites for hydroxylation is 1. The van der Waals surface area contributed by atoms with Crippen molar-refractivity contribution in [2.24, 2.45) is 0 Å². The van der Waals surface area contributed by atoms with Gasteiger partial charge in [-0.3, -0.25) is 14.2 Å². The molecule has 4 aromatic rings. The Hall–Kier alpha value is -3.25. The SMILES string of the molecule is Cc1nc2ccccc2c(=O)n1-c1ccc(C(=O)NC(C)Cc2ccc(Br)cc2)cc1. The lowest BCUT2D eigenvalue weighted by atomic mass is 10.1. The third-order valence-corrected chi connectivity index (χ3v) is 5.69. The topological polar surface area (TPSA) is 64.0 Å². The van der Waals surface area contributed by atoms with Crippen LogP contribution in [0.2, 0.25) is 0 Å². The summed E-state index contributed by atoms with van der Waals surface area (Å²) in [6, 6.07) is 22.4. The molecule has 0 aliphatic carbocycles. The molecule has 0 bridgehead atoms. The Kier molecular flexibility index (Phi) is 6.00. The highest BCUT2D eigenvalue weighted by molar-refractivity contribution is 9.10. The number of hydrogen-bond donors (Lipinski definition) is 1. The van der Waals surface area contributed by atoms with Gasteiger partial charge in [0, 0.05) is 16.1 Å². The van der Waals surface area contributed by atoms with Crippen LogP contribution in [0.25, 0.3) is 16.6 Å². The number of carbonyl (C=O) groups is 1. The van der Waals surface area contributed by atoms with Crippen molar-refractivity contribution in [2.45, 2.75) is 26.3 Å². The van der Waals surface area contributed by atoms with Gasteiger partial charge in [-0.2, -0.15) is 0 Å². The van der Waals surface area contributed by atoms with E-state index in [1.165, 1.54) is 0 Å². The highest BCUT2D eigenvalue weighted by Crippen LogP contribution is 2.15. The monoisotopic (exact) mass is 475 g/mol. The van der Waals surface area contributed by atoms with Gasteiger partial charge in [0.2, 0.25) is 0 Å². The fourth-order valence-electron chi connectivity index (χ4n) is 3.64. The van der Waals surface area contributed by atoms with Gasteiger partial charge >= 0.3 is 0 Å². The molecule has 0 aliphatic heterocycles. The molecule has 1 N–H and O–H groups in total. The van der Waals surface area contributed by atoms with Crippen LogP contribution >= 0.6 is 15.9 Å². The quantitative estimate of drug-likeness (QED) is 0.450. The number of amides is 1. The average Bonchev–Trinajstić information content (AvgIpc) is 2.76. The Labute approximate surface area is 188 Å². The van der Waals surface area contributed by atoms with Gasteiger partial charge in [0.25, 0.3) is 11.5 Å². The van der Waals surface area contributed by atoms with Crippen molar-refractivity contribution in [1.29, 1.82) is 0 Å². The maximum atomic E-state index is 12.9. The van der Waals surface area contributed by atoms with Gasteiger partial charge in [0.05, 0.1) is 16.6 Å². The highest BCUT2D eigenvalue weighted by Gasteiger charge is 2.13. The molecule has 0 aliphatic rings. The van der Waals surface area contributed by atoms with Crippen LogP contribution < -0.4 is 10.9 Å². The first kappa shape index (κ1) is 21.0. The molecule has 31 heavy (non-hydrogen) atoms. The number of carbonyl (C=O) groups excluding carboxylic acids is 1. The summed E-state index contributed by atoms with van der Waals surface area (Å²) in [6.07, 6.45) is 0.744. The number of nitrogens with one attached hydrogen (secondary N) is 1. The third-order valence-electron chi connectivity index (χ3n) is 5.16. The Bertz CT molecular complexity index is 1300. The van der Waals surface area contributed by atoms with E-state index in [9.17, 15) is 9.59 Å². The molecule has 1 aromatic heterocycles. The molecule has 1 amide bonds. The Morgan fingerprint density at radius 2 is 1.71 bits per heavy atom.